The van der Waals surface area contributed by atoms with Crippen molar-refractivity contribution in [2.75, 3.05) is 25.3 Å². The van der Waals surface area contributed by atoms with E-state index in [4.69, 9.17) is 14.5 Å². The summed E-state index contributed by atoms with van der Waals surface area (Å²) in [5.74, 6) is 1.90. The molecule has 0 unspecified atom stereocenters. The first-order valence-corrected chi connectivity index (χ1v) is 14.3. The molecule has 0 spiro atoms. The zero-order valence-corrected chi connectivity index (χ0v) is 23.0. The summed E-state index contributed by atoms with van der Waals surface area (Å²) >= 11 is 4.42. The molecule has 0 bridgehead atoms. The van der Waals surface area contributed by atoms with E-state index < -0.39 is 0 Å². The Bertz CT molecular complexity index is 1500. The van der Waals surface area contributed by atoms with Crippen LogP contribution in [0.4, 0.5) is 5.13 Å². The lowest BCUT2D eigenvalue weighted by molar-refractivity contribution is -0.115. The van der Waals surface area contributed by atoms with Gasteiger partial charge in [-0.05, 0) is 60.0 Å². The van der Waals surface area contributed by atoms with E-state index in [1.165, 1.54) is 23.1 Å². The summed E-state index contributed by atoms with van der Waals surface area (Å²) in [5, 5.41) is 16.8. The SMILES string of the molecule is COc1ccc(-c2nnc(SCCC(=O)Nc3nc(-c4cccs4)cs3)nc2-c2ccc(OC)cc2)cc1. The van der Waals surface area contributed by atoms with Crippen LogP contribution in [0.25, 0.3) is 33.1 Å². The van der Waals surface area contributed by atoms with Crippen LogP contribution in [0.5, 0.6) is 11.5 Å². The predicted octanol–water partition coefficient (Wildman–Crippen LogP) is 6.53. The number of aromatic nitrogens is 4. The number of methoxy groups -OCH3 is 2. The first kappa shape index (κ1) is 25.8. The lowest BCUT2D eigenvalue weighted by atomic mass is 10.0. The number of nitrogens with one attached hydrogen (secondary N) is 1. The van der Waals surface area contributed by atoms with Crippen LogP contribution in [0.2, 0.25) is 0 Å². The van der Waals surface area contributed by atoms with Crippen molar-refractivity contribution >= 4 is 45.5 Å². The van der Waals surface area contributed by atoms with Gasteiger partial charge in [-0.2, -0.15) is 0 Å². The number of anilines is 1. The fraction of sp³-hybridized carbons (Fsp3) is 0.148. The van der Waals surface area contributed by atoms with Gasteiger partial charge in [0.2, 0.25) is 11.1 Å². The molecule has 0 radical (unpaired) electrons. The lowest BCUT2D eigenvalue weighted by Gasteiger charge is -2.10. The van der Waals surface area contributed by atoms with Crippen molar-refractivity contribution < 1.29 is 14.3 Å². The van der Waals surface area contributed by atoms with E-state index in [1.807, 2.05) is 71.4 Å². The Hall–Kier alpha value is -3.80. The van der Waals surface area contributed by atoms with Gasteiger partial charge in [-0.3, -0.25) is 4.79 Å². The van der Waals surface area contributed by atoms with Crippen LogP contribution >= 0.6 is 34.4 Å². The molecule has 0 saturated carbocycles. The average Bonchev–Trinajstić information content (AvgIpc) is 3.66. The highest BCUT2D eigenvalue weighted by Crippen LogP contribution is 2.32. The van der Waals surface area contributed by atoms with Gasteiger partial charge >= 0.3 is 0 Å². The molecule has 5 rings (SSSR count). The number of amides is 1. The highest BCUT2D eigenvalue weighted by atomic mass is 32.2. The van der Waals surface area contributed by atoms with E-state index in [0.717, 1.165) is 33.2 Å². The highest BCUT2D eigenvalue weighted by Gasteiger charge is 2.15. The summed E-state index contributed by atoms with van der Waals surface area (Å²) in [4.78, 5) is 22.9. The summed E-state index contributed by atoms with van der Waals surface area (Å²) < 4.78 is 10.6. The molecule has 0 atom stereocenters. The largest absolute Gasteiger partial charge is 0.497 e. The summed E-state index contributed by atoms with van der Waals surface area (Å²) in [6, 6.07) is 19.2. The molecular formula is C27H23N5O3S3. The number of rotatable bonds is 10. The number of carbonyl (C=O) groups excluding carboxylic acids is 1. The van der Waals surface area contributed by atoms with Gasteiger partial charge < -0.3 is 14.8 Å². The molecule has 3 heterocycles. The molecule has 38 heavy (non-hydrogen) atoms. The number of nitrogens with zero attached hydrogens (tertiary/aromatic N) is 4. The summed E-state index contributed by atoms with van der Waals surface area (Å²) in [5.41, 5.74) is 3.99. The van der Waals surface area contributed by atoms with Crippen molar-refractivity contribution in [2.24, 2.45) is 0 Å². The van der Waals surface area contributed by atoms with Crippen LogP contribution in [0.3, 0.4) is 0 Å². The maximum atomic E-state index is 12.5. The van der Waals surface area contributed by atoms with E-state index in [1.54, 1.807) is 25.6 Å². The maximum Gasteiger partial charge on any atom is 0.226 e. The summed E-state index contributed by atoms with van der Waals surface area (Å²) in [6.07, 6.45) is 0.292. The van der Waals surface area contributed by atoms with Crippen molar-refractivity contribution in [3.8, 4) is 44.6 Å². The number of carbonyl (C=O) groups is 1. The van der Waals surface area contributed by atoms with Crippen molar-refractivity contribution in [1.82, 2.24) is 20.2 Å². The molecule has 0 aliphatic heterocycles. The van der Waals surface area contributed by atoms with Gasteiger partial charge in [-0.25, -0.2) is 9.97 Å². The normalized spacial score (nSPS) is 10.8. The molecule has 0 aliphatic carbocycles. The first-order chi connectivity index (χ1) is 18.6. The molecule has 11 heteroatoms. The fourth-order valence-corrected chi connectivity index (χ4v) is 5.76. The Balaban J connectivity index is 1.28. The summed E-state index contributed by atoms with van der Waals surface area (Å²) in [7, 11) is 3.26. The first-order valence-electron chi connectivity index (χ1n) is 11.6. The number of thioether (sulfide) groups is 1. The average molecular weight is 562 g/mol. The number of ether oxygens (including phenoxy) is 2. The van der Waals surface area contributed by atoms with E-state index in [-0.39, 0.29) is 5.91 Å². The van der Waals surface area contributed by atoms with Crippen LogP contribution < -0.4 is 14.8 Å². The predicted molar refractivity (Wildman–Crippen MR) is 153 cm³/mol. The molecule has 3 aromatic heterocycles. The molecular weight excluding hydrogens is 539 g/mol. The maximum absolute atomic E-state index is 12.5. The van der Waals surface area contributed by atoms with Gasteiger partial charge in [-0.1, -0.05) is 17.8 Å². The summed E-state index contributed by atoms with van der Waals surface area (Å²) in [6.45, 7) is 0. The van der Waals surface area contributed by atoms with E-state index in [2.05, 4.69) is 20.5 Å². The van der Waals surface area contributed by atoms with Gasteiger partial charge in [0, 0.05) is 28.7 Å². The fourth-order valence-electron chi connectivity index (χ4n) is 3.55. The number of thiophene rings is 1. The third-order valence-electron chi connectivity index (χ3n) is 5.48. The van der Waals surface area contributed by atoms with Gasteiger partial charge in [0.1, 0.15) is 22.9 Å². The minimum absolute atomic E-state index is 0.109. The van der Waals surface area contributed by atoms with E-state index in [9.17, 15) is 4.79 Å². The standard InChI is InChI=1S/C27H23N5O3S3/c1-34-19-9-5-17(6-10-19)24-25(18-7-11-20(35-2)12-8-18)31-32-27(30-24)37-15-13-23(33)29-26-28-21(16-38-26)22-4-3-14-36-22/h3-12,14,16H,13,15H2,1-2H3,(H,28,29,33). The van der Waals surface area contributed by atoms with Crippen molar-refractivity contribution in [3.63, 3.8) is 0 Å². The number of hydrogen-bond acceptors (Lipinski definition) is 10. The molecule has 5 aromatic rings. The molecule has 8 nitrogen and oxygen atoms in total. The Morgan fingerprint density at radius 2 is 1.55 bits per heavy atom. The van der Waals surface area contributed by atoms with Gasteiger partial charge in [-0.15, -0.1) is 32.9 Å². The highest BCUT2D eigenvalue weighted by molar-refractivity contribution is 7.99. The van der Waals surface area contributed by atoms with Crippen LogP contribution in [0.1, 0.15) is 6.42 Å². The quantitative estimate of drug-likeness (QED) is 0.192. The van der Waals surface area contributed by atoms with Gasteiger partial charge in [0.25, 0.3) is 0 Å². The monoisotopic (exact) mass is 561 g/mol. The third-order valence-corrected chi connectivity index (χ3v) is 7.97. The van der Waals surface area contributed by atoms with Crippen LogP contribution in [0, 0.1) is 0 Å². The van der Waals surface area contributed by atoms with Gasteiger partial charge in [0.15, 0.2) is 5.13 Å². The van der Waals surface area contributed by atoms with Crippen LogP contribution in [0.15, 0.2) is 76.6 Å². The van der Waals surface area contributed by atoms with Crippen molar-refractivity contribution in [3.05, 3.63) is 71.4 Å². The minimum atomic E-state index is -0.109. The Morgan fingerprint density at radius 1 is 0.868 bits per heavy atom. The Kier molecular flexibility index (Phi) is 8.27. The number of hydrogen-bond donors (Lipinski definition) is 1. The molecule has 2 aromatic carbocycles. The zero-order chi connectivity index (χ0) is 26.3. The smallest absolute Gasteiger partial charge is 0.226 e. The third kappa shape index (κ3) is 6.18. The Labute approximate surface area is 232 Å². The van der Waals surface area contributed by atoms with Crippen molar-refractivity contribution in [1.29, 1.82) is 0 Å². The second-order valence-electron chi connectivity index (χ2n) is 7.91. The molecule has 0 fully saturated rings. The second-order valence-corrected chi connectivity index (χ2v) is 10.8. The van der Waals surface area contributed by atoms with E-state index in [0.29, 0.717) is 33.8 Å². The minimum Gasteiger partial charge on any atom is -0.497 e. The molecule has 192 valence electrons. The Morgan fingerprint density at radius 3 is 2.18 bits per heavy atom. The number of thiazole rings is 1. The zero-order valence-electron chi connectivity index (χ0n) is 20.6. The number of benzene rings is 2. The van der Waals surface area contributed by atoms with Crippen LogP contribution in [-0.2, 0) is 4.79 Å². The molecule has 1 amide bonds. The second kappa shape index (κ2) is 12.2. The van der Waals surface area contributed by atoms with Gasteiger partial charge in [0.05, 0.1) is 24.8 Å². The van der Waals surface area contributed by atoms with Crippen LogP contribution in [-0.4, -0.2) is 46.0 Å². The molecule has 0 saturated heterocycles. The van der Waals surface area contributed by atoms with Crippen molar-refractivity contribution in [2.45, 2.75) is 11.6 Å². The molecule has 1 N–H and O–H groups in total. The topological polar surface area (TPSA) is 99.1 Å². The van der Waals surface area contributed by atoms with E-state index >= 15 is 0 Å². The lowest BCUT2D eigenvalue weighted by Crippen LogP contribution is -2.12. The molecule has 0 aliphatic rings.